The Kier molecular flexibility index (Phi) is 7.60. The number of fused-ring (bicyclic) bond motifs is 2. The fourth-order valence-electron chi connectivity index (χ4n) is 2.93. The van der Waals surface area contributed by atoms with Crippen molar-refractivity contribution in [2.75, 3.05) is 32.5 Å². The number of rotatable bonds is 4. The number of para-hydroxylation sites is 1. The molecule has 0 amide bonds. The largest absolute Gasteiger partial charge is 0.377 e. The zero-order chi connectivity index (χ0) is 16.4. The lowest BCUT2D eigenvalue weighted by atomic mass is 9.82. The van der Waals surface area contributed by atoms with Gasteiger partial charge in [0.1, 0.15) is 0 Å². The summed E-state index contributed by atoms with van der Waals surface area (Å²) in [5.41, 5.74) is 3.19. The van der Waals surface area contributed by atoms with Crippen LogP contribution >= 0.6 is 24.8 Å². The maximum Gasteiger partial charge on any atom is 0.267 e. The molecule has 0 saturated carbocycles. The van der Waals surface area contributed by atoms with Crippen molar-refractivity contribution >= 4 is 36.2 Å². The van der Waals surface area contributed by atoms with Gasteiger partial charge in [-0.15, -0.1) is 24.8 Å². The molecule has 1 aliphatic heterocycles. The number of hydrogen-bond acceptors (Lipinski definition) is 5. The first kappa shape index (κ1) is 21.2. The molecule has 2 unspecified atom stereocenters. The van der Waals surface area contributed by atoms with Crippen LogP contribution in [0.5, 0.6) is 0 Å². The Labute approximate surface area is 159 Å². The molecule has 136 valence electrons. The van der Waals surface area contributed by atoms with Gasteiger partial charge in [0.2, 0.25) is 0 Å². The van der Waals surface area contributed by atoms with Crippen molar-refractivity contribution in [3.8, 4) is 0 Å². The summed E-state index contributed by atoms with van der Waals surface area (Å²) in [5, 5.41) is 14.4. The number of anilines is 1. The van der Waals surface area contributed by atoms with Gasteiger partial charge in [-0.25, -0.2) is 0 Å². The normalized spacial score (nSPS) is 22.0. The zero-order valence-corrected chi connectivity index (χ0v) is 15.7. The number of aliphatic imine (C=N–C) groups is 1. The van der Waals surface area contributed by atoms with Gasteiger partial charge in [-0.1, -0.05) is 24.3 Å². The van der Waals surface area contributed by atoms with Crippen LogP contribution in [-0.4, -0.2) is 48.8 Å². The molecule has 6 nitrogen and oxygen atoms in total. The lowest BCUT2D eigenvalue weighted by Gasteiger charge is -2.34. The van der Waals surface area contributed by atoms with Crippen LogP contribution in [-0.2, 0) is 0 Å². The molecule has 8 heteroatoms. The van der Waals surface area contributed by atoms with Crippen LogP contribution in [0, 0.1) is 16.0 Å². The summed E-state index contributed by atoms with van der Waals surface area (Å²) in [7, 11) is 4.04. The van der Waals surface area contributed by atoms with E-state index in [0.717, 1.165) is 23.5 Å². The van der Waals surface area contributed by atoms with Crippen molar-refractivity contribution in [2.24, 2.45) is 10.9 Å². The van der Waals surface area contributed by atoms with E-state index in [0.29, 0.717) is 6.54 Å². The molecule has 1 aliphatic carbocycles. The Morgan fingerprint density at radius 3 is 2.68 bits per heavy atom. The lowest BCUT2D eigenvalue weighted by Crippen LogP contribution is -2.39. The van der Waals surface area contributed by atoms with Crippen LogP contribution in [0.2, 0.25) is 0 Å². The van der Waals surface area contributed by atoms with Gasteiger partial charge in [0.05, 0.1) is 23.2 Å². The predicted octanol–water partition coefficient (Wildman–Crippen LogP) is 3.02. The van der Waals surface area contributed by atoms with Crippen molar-refractivity contribution < 1.29 is 4.92 Å². The highest BCUT2D eigenvalue weighted by atomic mass is 35.5. The first-order valence-electron chi connectivity index (χ1n) is 7.65. The SMILES string of the molecule is CN(C)CCN=C1c2ccccc2NC2C=C([N+](=O)[O-])C=CC12.Cl.Cl. The predicted molar refractivity (Wildman–Crippen MR) is 106 cm³/mol. The number of allylic oxidation sites excluding steroid dienone is 1. The van der Waals surface area contributed by atoms with Crippen molar-refractivity contribution in [1.82, 2.24) is 4.90 Å². The number of halogens is 2. The quantitative estimate of drug-likeness (QED) is 0.639. The van der Waals surface area contributed by atoms with Crippen molar-refractivity contribution in [2.45, 2.75) is 6.04 Å². The van der Waals surface area contributed by atoms with Crippen molar-refractivity contribution in [1.29, 1.82) is 0 Å². The number of nitro groups is 1. The van der Waals surface area contributed by atoms with E-state index < -0.39 is 0 Å². The van der Waals surface area contributed by atoms with Gasteiger partial charge in [-0.2, -0.15) is 0 Å². The van der Waals surface area contributed by atoms with E-state index in [1.54, 1.807) is 12.2 Å². The first-order chi connectivity index (χ1) is 11.1. The van der Waals surface area contributed by atoms with Crippen LogP contribution in [0.25, 0.3) is 0 Å². The molecule has 3 rings (SSSR count). The van der Waals surface area contributed by atoms with E-state index in [9.17, 15) is 10.1 Å². The van der Waals surface area contributed by atoms with Gasteiger partial charge < -0.3 is 10.2 Å². The summed E-state index contributed by atoms with van der Waals surface area (Å²) in [5.74, 6) is 0.0239. The number of benzene rings is 1. The Morgan fingerprint density at radius 2 is 2.00 bits per heavy atom. The van der Waals surface area contributed by atoms with E-state index in [4.69, 9.17) is 4.99 Å². The molecule has 1 aromatic rings. The van der Waals surface area contributed by atoms with Crippen LogP contribution < -0.4 is 5.32 Å². The standard InChI is InChI=1S/C17H20N4O2.2ClH/c1-20(2)10-9-18-17-13-5-3-4-6-15(13)19-16-11-12(21(22)23)7-8-14(16)17;;/h3-8,11,14,16,19H,9-10H2,1-2H3;2*1H. The monoisotopic (exact) mass is 384 g/mol. The van der Waals surface area contributed by atoms with Crippen molar-refractivity contribution in [3.63, 3.8) is 0 Å². The highest BCUT2D eigenvalue weighted by molar-refractivity contribution is 6.10. The Hall–Kier alpha value is -1.89. The summed E-state index contributed by atoms with van der Waals surface area (Å²) in [6, 6.07) is 7.86. The van der Waals surface area contributed by atoms with Crippen LogP contribution in [0.15, 0.2) is 53.2 Å². The van der Waals surface area contributed by atoms with Gasteiger partial charge >= 0.3 is 0 Å². The third-order valence-electron chi connectivity index (χ3n) is 4.09. The molecule has 1 heterocycles. The maximum atomic E-state index is 11.0. The van der Waals surface area contributed by atoms with Gasteiger partial charge in [0, 0.05) is 35.9 Å². The Balaban J connectivity index is 0.00000156. The second-order valence-electron chi connectivity index (χ2n) is 6.02. The first-order valence-corrected chi connectivity index (χ1v) is 7.65. The van der Waals surface area contributed by atoms with Gasteiger partial charge in [-0.05, 0) is 20.2 Å². The fraction of sp³-hybridized carbons (Fsp3) is 0.353. The van der Waals surface area contributed by atoms with E-state index >= 15 is 0 Å². The molecule has 0 fully saturated rings. The third-order valence-corrected chi connectivity index (χ3v) is 4.09. The molecule has 0 bridgehead atoms. The smallest absolute Gasteiger partial charge is 0.267 e. The lowest BCUT2D eigenvalue weighted by molar-refractivity contribution is -0.419. The number of likely N-dealkylation sites (N-methyl/N-ethyl adjacent to an activating group) is 1. The summed E-state index contributed by atoms with van der Waals surface area (Å²) >= 11 is 0. The second-order valence-corrected chi connectivity index (χ2v) is 6.02. The molecular formula is C17H22Cl2N4O2. The average Bonchev–Trinajstić information content (AvgIpc) is 2.53. The molecule has 0 saturated heterocycles. The molecule has 25 heavy (non-hydrogen) atoms. The molecular weight excluding hydrogens is 363 g/mol. The molecule has 2 aliphatic rings. The topological polar surface area (TPSA) is 70.8 Å². The van der Waals surface area contributed by atoms with Crippen LogP contribution in [0.4, 0.5) is 5.69 Å². The molecule has 0 aromatic heterocycles. The average molecular weight is 385 g/mol. The Bertz CT molecular complexity index is 716. The maximum absolute atomic E-state index is 11.0. The molecule has 0 radical (unpaired) electrons. The molecule has 1 aromatic carbocycles. The van der Waals surface area contributed by atoms with E-state index in [1.807, 2.05) is 44.4 Å². The molecule has 1 N–H and O–H groups in total. The number of nitrogens with one attached hydrogen (secondary N) is 1. The summed E-state index contributed by atoms with van der Waals surface area (Å²) in [6.07, 6.45) is 5.15. The fourth-order valence-corrected chi connectivity index (χ4v) is 2.93. The van der Waals surface area contributed by atoms with E-state index in [-0.39, 0.29) is 47.4 Å². The highest BCUT2D eigenvalue weighted by Gasteiger charge is 2.34. The van der Waals surface area contributed by atoms with E-state index in [1.165, 1.54) is 0 Å². The Morgan fingerprint density at radius 1 is 1.28 bits per heavy atom. The highest BCUT2D eigenvalue weighted by Crippen LogP contribution is 2.33. The summed E-state index contributed by atoms with van der Waals surface area (Å²) in [4.78, 5) is 17.6. The summed E-state index contributed by atoms with van der Waals surface area (Å²) in [6.45, 7) is 1.58. The summed E-state index contributed by atoms with van der Waals surface area (Å²) < 4.78 is 0. The number of hydrogen-bond donors (Lipinski definition) is 1. The minimum absolute atomic E-state index is 0. The van der Waals surface area contributed by atoms with Crippen LogP contribution in [0.3, 0.4) is 0 Å². The second kappa shape index (κ2) is 8.99. The minimum atomic E-state index is -0.349. The van der Waals surface area contributed by atoms with Gasteiger partial charge in [0.15, 0.2) is 0 Å². The van der Waals surface area contributed by atoms with Gasteiger partial charge in [-0.3, -0.25) is 15.1 Å². The zero-order valence-electron chi connectivity index (χ0n) is 14.1. The number of nitrogens with zero attached hydrogens (tertiary/aromatic N) is 3. The van der Waals surface area contributed by atoms with Crippen LogP contribution in [0.1, 0.15) is 5.56 Å². The van der Waals surface area contributed by atoms with Crippen molar-refractivity contribution in [3.05, 3.63) is 63.9 Å². The van der Waals surface area contributed by atoms with Gasteiger partial charge in [0.25, 0.3) is 5.70 Å². The molecule has 2 atom stereocenters. The minimum Gasteiger partial charge on any atom is -0.377 e. The third kappa shape index (κ3) is 4.60. The molecule has 0 spiro atoms. The van der Waals surface area contributed by atoms with E-state index in [2.05, 4.69) is 10.2 Å².